The number of hydrogen-bond acceptors (Lipinski definition) is 2. The molecule has 2 heteroatoms. The topological polar surface area (TPSA) is 6.48 Å². The molecule has 0 aromatic heterocycles. The summed E-state index contributed by atoms with van der Waals surface area (Å²) in [5.41, 5.74) is 21.8. The van der Waals surface area contributed by atoms with Crippen LogP contribution in [0.2, 0.25) is 0 Å². The fourth-order valence-electron chi connectivity index (χ4n) is 12.2. The van der Waals surface area contributed by atoms with E-state index in [0.717, 1.165) is 28.4 Å². The van der Waals surface area contributed by atoms with Gasteiger partial charge in [-0.25, -0.2) is 0 Å². The third-order valence-electron chi connectivity index (χ3n) is 14.5. The van der Waals surface area contributed by atoms with Crippen LogP contribution in [0.1, 0.15) is 44.5 Å². The number of hydrogen-bond donors (Lipinski definition) is 0. The van der Waals surface area contributed by atoms with Gasteiger partial charge in [0.2, 0.25) is 0 Å². The van der Waals surface area contributed by atoms with Gasteiger partial charge in [-0.05, 0) is 188 Å². The van der Waals surface area contributed by atoms with E-state index in [1.54, 1.807) is 0 Å². The molecule has 0 bridgehead atoms. The molecule has 1 spiro atoms. The van der Waals surface area contributed by atoms with Crippen molar-refractivity contribution in [2.24, 2.45) is 0 Å². The average Bonchev–Trinajstić information content (AvgIpc) is 3.82. The molecule has 13 rings (SSSR count). The summed E-state index contributed by atoms with van der Waals surface area (Å²) >= 11 is 0. The van der Waals surface area contributed by atoms with Crippen LogP contribution in [0.5, 0.6) is 0 Å². The minimum Gasteiger partial charge on any atom is -0.310 e. The molecule has 318 valence electrons. The molecule has 0 aliphatic heterocycles. The van der Waals surface area contributed by atoms with E-state index in [4.69, 9.17) is 0 Å². The van der Waals surface area contributed by atoms with Gasteiger partial charge in [0.25, 0.3) is 0 Å². The first-order valence-corrected chi connectivity index (χ1v) is 23.5. The normalized spacial score (nSPS) is 12.9. The molecule has 0 saturated carbocycles. The van der Waals surface area contributed by atoms with Gasteiger partial charge in [-0.15, -0.1) is 0 Å². The first kappa shape index (κ1) is 39.2. The fraction of sp³-hybridized carbons (Fsp3) is 0.0769. The molecular formula is C65H48N2. The molecule has 0 radical (unpaired) electrons. The predicted molar refractivity (Wildman–Crippen MR) is 284 cm³/mol. The number of anilines is 6. The van der Waals surface area contributed by atoms with Crippen LogP contribution in [-0.4, -0.2) is 0 Å². The van der Waals surface area contributed by atoms with E-state index in [9.17, 15) is 0 Å². The summed E-state index contributed by atoms with van der Waals surface area (Å²) in [5.74, 6) is 0. The van der Waals surface area contributed by atoms with Crippen molar-refractivity contribution in [2.45, 2.75) is 33.1 Å². The van der Waals surface area contributed by atoms with Crippen molar-refractivity contribution in [3.05, 3.63) is 263 Å². The Kier molecular flexibility index (Phi) is 8.73. The van der Waals surface area contributed by atoms with Gasteiger partial charge in [-0.2, -0.15) is 0 Å². The van der Waals surface area contributed by atoms with Gasteiger partial charge in [0.1, 0.15) is 0 Å². The second kappa shape index (κ2) is 14.9. The average molecular weight is 857 g/mol. The van der Waals surface area contributed by atoms with Crippen LogP contribution in [0.15, 0.2) is 218 Å². The number of benzene rings is 11. The molecule has 0 fully saturated rings. The highest BCUT2D eigenvalue weighted by molar-refractivity contribution is 6.24. The molecule has 11 aromatic carbocycles. The lowest BCUT2D eigenvalue weighted by Gasteiger charge is -2.34. The molecule has 2 aliphatic carbocycles. The third-order valence-corrected chi connectivity index (χ3v) is 14.5. The number of para-hydroxylation sites is 2. The summed E-state index contributed by atoms with van der Waals surface area (Å²) in [7, 11) is 0. The highest BCUT2D eigenvalue weighted by Gasteiger charge is 2.54. The summed E-state index contributed by atoms with van der Waals surface area (Å²) in [5, 5.41) is 7.52. The van der Waals surface area contributed by atoms with E-state index in [-0.39, 0.29) is 0 Å². The van der Waals surface area contributed by atoms with Gasteiger partial charge in [0.15, 0.2) is 0 Å². The molecule has 11 aromatic rings. The van der Waals surface area contributed by atoms with E-state index in [0.29, 0.717) is 0 Å². The van der Waals surface area contributed by atoms with Crippen molar-refractivity contribution in [1.82, 2.24) is 0 Å². The van der Waals surface area contributed by atoms with Crippen molar-refractivity contribution < 1.29 is 0 Å². The monoisotopic (exact) mass is 856 g/mol. The number of nitrogens with zero attached hydrogens (tertiary/aromatic N) is 2. The Morgan fingerprint density at radius 1 is 0.284 bits per heavy atom. The zero-order chi connectivity index (χ0) is 45.0. The Morgan fingerprint density at radius 3 is 1.33 bits per heavy atom. The maximum Gasteiger partial charge on any atom is 0.0732 e. The second-order valence-corrected chi connectivity index (χ2v) is 18.8. The molecule has 0 unspecified atom stereocenters. The smallest absolute Gasteiger partial charge is 0.0732 e. The lowest BCUT2D eigenvalue weighted by molar-refractivity contribution is 0.802. The molecule has 0 heterocycles. The summed E-state index contributed by atoms with van der Waals surface area (Å²) in [4.78, 5) is 4.93. The zero-order valence-corrected chi connectivity index (χ0v) is 38.2. The minimum atomic E-state index is -0.627. The van der Waals surface area contributed by atoms with E-state index in [1.807, 2.05) is 0 Å². The molecule has 2 nitrogen and oxygen atoms in total. The van der Waals surface area contributed by atoms with Crippen LogP contribution in [0.25, 0.3) is 54.6 Å². The van der Waals surface area contributed by atoms with Crippen LogP contribution in [0.4, 0.5) is 34.1 Å². The molecule has 0 atom stereocenters. The highest BCUT2D eigenvalue weighted by atomic mass is 15.1. The molecule has 2 aliphatic rings. The van der Waals surface area contributed by atoms with Crippen LogP contribution < -0.4 is 9.80 Å². The second-order valence-electron chi connectivity index (χ2n) is 18.8. The maximum atomic E-state index is 2.58. The molecule has 67 heavy (non-hydrogen) atoms. The van der Waals surface area contributed by atoms with Crippen molar-refractivity contribution in [3.63, 3.8) is 0 Å². The lowest BCUT2D eigenvalue weighted by Crippen LogP contribution is -2.26. The van der Waals surface area contributed by atoms with Crippen molar-refractivity contribution in [2.75, 3.05) is 9.80 Å². The molecule has 0 saturated heterocycles. The van der Waals surface area contributed by atoms with Gasteiger partial charge in [0.05, 0.1) is 11.1 Å². The van der Waals surface area contributed by atoms with Crippen LogP contribution in [-0.2, 0) is 5.41 Å². The first-order valence-electron chi connectivity index (χ1n) is 23.5. The Labute approximate surface area is 392 Å². The van der Waals surface area contributed by atoms with Crippen molar-refractivity contribution in [3.8, 4) is 22.3 Å². The van der Waals surface area contributed by atoms with Gasteiger partial charge in [0, 0.05) is 33.8 Å². The molecule has 0 N–H and O–H groups in total. The quantitative estimate of drug-likeness (QED) is 0.154. The standard InChI is InChI=1S/C65H48N2/c1-41-33-42(2)36-48(35-41)66(45-19-7-5-8-20-45)47-31-32-56-57(39-47)50-23-11-13-27-54(50)63-62-55-28-14-12-26-53(55)61(67(46-21-9-6-10-22-46)49-37-43(3)34-44(4)38-49)40-60(62)65(64(56)63)58-29-17-15-24-51(58)52-25-16-18-30-59(52)65/h5-40H,1-4H3. The minimum absolute atomic E-state index is 0.627. The van der Waals surface area contributed by atoms with E-state index >= 15 is 0 Å². The summed E-state index contributed by atoms with van der Waals surface area (Å²) in [6.07, 6.45) is 0. The molecule has 0 amide bonds. The van der Waals surface area contributed by atoms with E-state index in [1.165, 1.54) is 105 Å². The Balaban J connectivity index is 1.20. The van der Waals surface area contributed by atoms with E-state index < -0.39 is 5.41 Å². The zero-order valence-electron chi connectivity index (χ0n) is 38.2. The summed E-state index contributed by atoms with van der Waals surface area (Å²) < 4.78 is 0. The van der Waals surface area contributed by atoms with E-state index in [2.05, 4.69) is 256 Å². The van der Waals surface area contributed by atoms with Gasteiger partial charge in [-0.1, -0.05) is 152 Å². The van der Waals surface area contributed by atoms with Crippen molar-refractivity contribution >= 4 is 66.4 Å². The van der Waals surface area contributed by atoms with Gasteiger partial charge < -0.3 is 9.80 Å². The number of rotatable bonds is 6. The van der Waals surface area contributed by atoms with Crippen LogP contribution in [0, 0.1) is 27.7 Å². The summed E-state index contributed by atoms with van der Waals surface area (Å²) in [6, 6.07) is 82.2. The molecular weight excluding hydrogens is 809 g/mol. The SMILES string of the molecule is Cc1cc(C)cc(N(c2ccccc2)c2ccc3c4c(c5ccccc5c3c2)-c2c(cc(N(c3ccccc3)c3cc(C)cc(C)c3)c3ccccc23)C42c3ccccc3-c3ccccc32)c1. The first-order chi connectivity index (χ1) is 32.9. The predicted octanol–water partition coefficient (Wildman–Crippen LogP) is 17.7. The fourth-order valence-corrected chi connectivity index (χ4v) is 12.2. The number of aryl methyl sites for hydroxylation is 4. The Hall–Kier alpha value is -8.20. The van der Waals surface area contributed by atoms with Crippen molar-refractivity contribution in [1.29, 1.82) is 0 Å². The third kappa shape index (κ3) is 5.76. The Bertz CT molecular complexity index is 3720. The van der Waals surface area contributed by atoms with Crippen LogP contribution in [0.3, 0.4) is 0 Å². The summed E-state index contributed by atoms with van der Waals surface area (Å²) in [6.45, 7) is 8.81. The van der Waals surface area contributed by atoms with Gasteiger partial charge >= 0.3 is 0 Å². The Morgan fingerprint density at radius 2 is 0.746 bits per heavy atom. The lowest BCUT2D eigenvalue weighted by atomic mass is 9.69. The van der Waals surface area contributed by atoms with Gasteiger partial charge in [-0.3, -0.25) is 0 Å². The largest absolute Gasteiger partial charge is 0.310 e. The number of fused-ring (bicyclic) bond motifs is 17. The maximum absolute atomic E-state index is 2.58. The van der Waals surface area contributed by atoms with Crippen LogP contribution >= 0.6 is 0 Å². The highest BCUT2D eigenvalue weighted by Crippen LogP contribution is 2.67.